The molecule has 3 unspecified atom stereocenters. The molecule has 5 aromatic rings. The van der Waals surface area contributed by atoms with Crippen LogP contribution in [0.25, 0.3) is 0 Å². The van der Waals surface area contributed by atoms with Gasteiger partial charge in [-0.05, 0) is 69.2 Å². The van der Waals surface area contributed by atoms with E-state index in [1.165, 1.54) is 5.71 Å². The number of oxazole rings is 2. The summed E-state index contributed by atoms with van der Waals surface area (Å²) in [6, 6.07) is 4.30. The first kappa shape index (κ1) is 85.9. The van der Waals surface area contributed by atoms with Crippen molar-refractivity contribution < 1.29 is 41.5 Å². The zero-order valence-electron chi connectivity index (χ0n) is 64.1. The molecule has 0 spiro atoms. The monoisotopic (exact) mass is 1290 g/mol. The average molecular weight is 1290 g/mol. The Morgan fingerprint density at radius 1 is 0.522 bits per heavy atom. The minimum atomic E-state index is -0.0113. The van der Waals surface area contributed by atoms with Crippen LogP contribution < -0.4 is 0 Å². The van der Waals surface area contributed by atoms with Gasteiger partial charge in [0.2, 0.25) is 0 Å². The maximum absolute atomic E-state index is 5.48. The Morgan fingerprint density at radius 2 is 1.08 bits per heavy atom. The Labute approximate surface area is 558 Å². The van der Waals surface area contributed by atoms with Crippen LogP contribution in [-0.4, -0.2) is 92.4 Å². The van der Waals surface area contributed by atoms with Gasteiger partial charge in [-0.2, -0.15) is 0 Å². The lowest BCUT2D eigenvalue weighted by atomic mass is 9.87. The third-order valence-corrected chi connectivity index (χ3v) is 12.9. The Hall–Kier alpha value is -6.07. The van der Waals surface area contributed by atoms with Gasteiger partial charge in [0.25, 0.3) is 0 Å². The summed E-state index contributed by atoms with van der Waals surface area (Å²) < 4.78 is 41.7. The molecule has 92 heavy (non-hydrogen) atoms. The van der Waals surface area contributed by atoms with E-state index in [0.29, 0.717) is 6.04 Å². The van der Waals surface area contributed by atoms with Crippen molar-refractivity contribution in [3.63, 3.8) is 0 Å². The maximum atomic E-state index is 5.48. The molecule has 9 rings (SSSR count). The molecule has 4 aliphatic heterocycles. The molecule has 4 aliphatic rings. The van der Waals surface area contributed by atoms with Crippen LogP contribution in [0.2, 0.25) is 0 Å². The van der Waals surface area contributed by atoms with Crippen molar-refractivity contribution in [3.05, 3.63) is 88.3 Å². The molecule has 0 aromatic carbocycles. The van der Waals surface area contributed by atoms with E-state index in [1.54, 1.807) is 18.7 Å². The summed E-state index contributed by atoms with van der Waals surface area (Å²) >= 11 is 0. The van der Waals surface area contributed by atoms with Gasteiger partial charge in [-0.1, -0.05) is 215 Å². The average Bonchev–Trinajstić information content (AvgIpc) is 1.81. The maximum Gasteiger partial charge on any atom is 0.199 e. The summed E-state index contributed by atoms with van der Waals surface area (Å²) in [7, 11) is 0. The molecule has 0 fully saturated rings. The number of hydrogen-bond acceptors (Lipinski definition) is 18. The largest absolute Gasteiger partial charge is 0.478 e. The SMILES string of the molecule is C.CC1(C)COC(C(C)(C)C)=N1.CC1CC(C(C)(C)C)=NO1.CC1CN=C(C(C)(C)C)O1.CC1COC(C(C)(C)C)=N1.Cc1cc(C(C)(C)C)no1.Cc1cc(C(C)(C)C)on1.Cc1cnc(C(C)(C)C)o1.Cc1coc(C(C)(C)C)n1.Cc1conc1C(C)(C)C. The minimum absolute atomic E-state index is 0. The van der Waals surface area contributed by atoms with Crippen LogP contribution in [0.5, 0.6) is 0 Å². The Balaban J connectivity index is 0.00000101. The molecule has 0 N–H and O–H groups in total. The Bertz CT molecular complexity index is 2800. The van der Waals surface area contributed by atoms with Crippen LogP contribution in [0.15, 0.2) is 73.4 Å². The third kappa shape index (κ3) is 33.2. The first-order valence-electron chi connectivity index (χ1n) is 32.4. The molecule has 18 heteroatoms. The standard InChI is InChI=1S/C9H17NO.C8H15NO.C8H13NO.C8H15NO.2C8H13NO.C8H15NO.2C8H13NO.CH4/c1-8(2,3)7-10-9(4,5)6-11-7;2*1-6-5-10-7(9-6)8(2,3)4;2*1-6-5-9-7(10-6)8(2,3)4;1-6-5-10-9-7(6)8(2,3)4;2*1-6-5-7(9-10-6)8(2,3)4;1-6-5-7(10-9-6)8(2,3)4;/h6H2,1-5H3;6H,5H2,1-4H3;5H,1-4H3;6H,5H2,1-4H3;2*5H,1-4H3;6H,5H2,1-4H3;2*5H,1-4H3;1H4. The first-order valence-corrected chi connectivity index (χ1v) is 32.4. The van der Waals surface area contributed by atoms with Crippen LogP contribution in [0.3, 0.4) is 0 Å². The van der Waals surface area contributed by atoms with Crippen molar-refractivity contribution in [2.24, 2.45) is 41.8 Å². The number of oxime groups is 1. The molecule has 0 amide bonds. The fourth-order valence-corrected chi connectivity index (χ4v) is 7.54. The Kier molecular flexibility index (Phi) is 32.1. The van der Waals surface area contributed by atoms with E-state index in [4.69, 9.17) is 41.5 Å². The normalized spacial score (nSPS) is 17.7. The molecule has 0 bridgehead atoms. The molecule has 5 aromatic heterocycles. The smallest absolute Gasteiger partial charge is 0.199 e. The first-order chi connectivity index (χ1) is 40.8. The second-order valence-corrected chi connectivity index (χ2v) is 34.2. The van der Waals surface area contributed by atoms with Crippen molar-refractivity contribution in [1.29, 1.82) is 0 Å². The van der Waals surface area contributed by atoms with Gasteiger partial charge < -0.3 is 41.5 Å². The predicted octanol–water partition coefficient (Wildman–Crippen LogP) is 20.2. The number of ether oxygens (including phenoxy) is 3. The number of aromatic nitrogens is 5. The third-order valence-electron chi connectivity index (χ3n) is 12.9. The van der Waals surface area contributed by atoms with Gasteiger partial charge in [-0.25, -0.2) is 20.0 Å². The molecule has 9 heterocycles. The number of hydrogen-bond donors (Lipinski definition) is 0. The van der Waals surface area contributed by atoms with Gasteiger partial charge in [0.15, 0.2) is 29.5 Å². The van der Waals surface area contributed by atoms with Gasteiger partial charge in [-0.3, -0.25) is 4.99 Å². The van der Waals surface area contributed by atoms with E-state index >= 15 is 0 Å². The quantitative estimate of drug-likeness (QED) is 0.141. The minimum Gasteiger partial charge on any atom is -0.478 e. The highest BCUT2D eigenvalue weighted by Gasteiger charge is 2.33. The van der Waals surface area contributed by atoms with Crippen LogP contribution >= 0.6 is 0 Å². The molecule has 0 aliphatic carbocycles. The summed E-state index contributed by atoms with van der Waals surface area (Å²) in [5.74, 6) is 7.03. The van der Waals surface area contributed by atoms with E-state index in [0.717, 1.165) is 101 Å². The molecule has 0 saturated heterocycles. The second kappa shape index (κ2) is 34.4. The fraction of sp³-hybridized carbons (Fsp3) is 0.743. The Morgan fingerprint density at radius 3 is 1.27 bits per heavy atom. The van der Waals surface area contributed by atoms with Gasteiger partial charge in [-0.15, -0.1) is 0 Å². The van der Waals surface area contributed by atoms with Crippen molar-refractivity contribution in [2.45, 2.75) is 321 Å². The van der Waals surface area contributed by atoms with E-state index in [2.05, 4.69) is 253 Å². The fourth-order valence-electron chi connectivity index (χ4n) is 7.54. The van der Waals surface area contributed by atoms with E-state index in [-0.39, 0.29) is 73.9 Å². The molecular formula is C74H131N9O9. The van der Waals surface area contributed by atoms with Gasteiger partial charge in [0, 0.05) is 72.9 Å². The summed E-state index contributed by atoms with van der Waals surface area (Å²) in [5.41, 5.74) is 7.06. The van der Waals surface area contributed by atoms with E-state index in [9.17, 15) is 0 Å². The summed E-state index contributed by atoms with van der Waals surface area (Å²) in [6.45, 7) is 79.4. The highest BCUT2D eigenvalue weighted by molar-refractivity contribution is 5.90. The van der Waals surface area contributed by atoms with Gasteiger partial charge in [0.1, 0.15) is 55.2 Å². The number of nitrogens with zero attached hydrogens (tertiary/aromatic N) is 9. The zero-order chi connectivity index (χ0) is 70.9. The van der Waals surface area contributed by atoms with Crippen molar-refractivity contribution in [1.82, 2.24) is 25.4 Å². The van der Waals surface area contributed by atoms with Crippen molar-refractivity contribution in [3.8, 4) is 0 Å². The highest BCUT2D eigenvalue weighted by Crippen LogP contribution is 2.30. The lowest BCUT2D eigenvalue weighted by Crippen LogP contribution is -2.22. The molecule has 526 valence electrons. The van der Waals surface area contributed by atoms with E-state index in [1.807, 2.05) is 60.6 Å². The topological polar surface area (TPSA) is 217 Å². The van der Waals surface area contributed by atoms with Crippen molar-refractivity contribution >= 4 is 23.4 Å². The van der Waals surface area contributed by atoms with Crippen LogP contribution in [0, 0.1) is 56.3 Å². The lowest BCUT2D eigenvalue weighted by molar-refractivity contribution is 0.0994. The van der Waals surface area contributed by atoms with E-state index < -0.39 is 0 Å². The molecule has 0 saturated carbocycles. The summed E-state index contributed by atoms with van der Waals surface area (Å²) in [6.07, 6.45) is 6.68. The summed E-state index contributed by atoms with van der Waals surface area (Å²) in [5, 5.41) is 15.6. The molecular weight excluding hydrogens is 1160 g/mol. The van der Waals surface area contributed by atoms with Gasteiger partial charge in [0.05, 0.1) is 52.8 Å². The predicted molar refractivity (Wildman–Crippen MR) is 380 cm³/mol. The summed E-state index contributed by atoms with van der Waals surface area (Å²) in [4.78, 5) is 26.5. The van der Waals surface area contributed by atoms with Crippen molar-refractivity contribution in [2.75, 3.05) is 19.8 Å². The molecule has 18 nitrogen and oxygen atoms in total. The van der Waals surface area contributed by atoms with Crippen LogP contribution in [0.1, 0.15) is 293 Å². The number of rotatable bonds is 0. The lowest BCUT2D eigenvalue weighted by Gasteiger charge is -2.18. The van der Waals surface area contributed by atoms with Crippen LogP contribution in [-0.2, 0) is 46.1 Å². The molecule has 3 atom stereocenters. The van der Waals surface area contributed by atoms with Crippen LogP contribution in [0.4, 0.5) is 0 Å². The number of aliphatic imine (C=N–C) groups is 3. The van der Waals surface area contributed by atoms with Gasteiger partial charge >= 0.3 is 0 Å². The second-order valence-electron chi connectivity index (χ2n) is 34.2. The number of aryl methyl sites for hydroxylation is 5. The molecule has 0 radical (unpaired) electrons. The zero-order valence-corrected chi connectivity index (χ0v) is 64.1. The highest BCUT2D eigenvalue weighted by atomic mass is 16.6.